The Kier molecular flexibility index (Phi) is 7.23. The standard InChI is InChI=1S/C24H25N3O3/c1-2-30-22-13-11-21(12-14-22)27(18-4-16-25)24(29)15-8-19-6-9-20(10-7-19)26-17-3-5-23(26)28/h6-15H,2-5,17-18H2,1H3/b15-8+. The number of nitrogens with zero attached hydrogens (tertiary/aromatic N) is 3. The van der Waals surface area contributed by atoms with Crippen molar-refractivity contribution in [3.8, 4) is 11.8 Å². The lowest BCUT2D eigenvalue weighted by Crippen LogP contribution is -2.30. The van der Waals surface area contributed by atoms with Crippen molar-refractivity contribution < 1.29 is 14.3 Å². The van der Waals surface area contributed by atoms with Crippen molar-refractivity contribution in [2.45, 2.75) is 26.2 Å². The zero-order chi connectivity index (χ0) is 21.3. The number of benzene rings is 2. The molecule has 0 atom stereocenters. The Morgan fingerprint density at radius 1 is 1.20 bits per heavy atom. The smallest absolute Gasteiger partial charge is 0.251 e. The molecule has 30 heavy (non-hydrogen) atoms. The van der Waals surface area contributed by atoms with Crippen LogP contribution in [0.5, 0.6) is 5.75 Å². The number of anilines is 2. The van der Waals surface area contributed by atoms with Crippen molar-refractivity contribution in [1.82, 2.24) is 0 Å². The van der Waals surface area contributed by atoms with Crippen LogP contribution in [0.4, 0.5) is 11.4 Å². The average Bonchev–Trinajstić information content (AvgIpc) is 3.20. The third kappa shape index (κ3) is 5.26. The normalized spacial score (nSPS) is 13.5. The molecule has 0 radical (unpaired) electrons. The number of carbonyl (C=O) groups is 2. The minimum absolute atomic E-state index is 0.150. The van der Waals surface area contributed by atoms with E-state index < -0.39 is 0 Å². The second-order valence-electron chi connectivity index (χ2n) is 6.90. The maximum absolute atomic E-state index is 12.8. The van der Waals surface area contributed by atoms with Crippen molar-refractivity contribution in [3.05, 3.63) is 60.2 Å². The molecule has 0 N–H and O–H groups in total. The van der Waals surface area contributed by atoms with Crippen molar-refractivity contribution in [2.75, 3.05) is 29.5 Å². The predicted molar refractivity (Wildman–Crippen MR) is 117 cm³/mol. The predicted octanol–water partition coefficient (Wildman–Crippen LogP) is 4.17. The molecule has 1 heterocycles. The first-order valence-corrected chi connectivity index (χ1v) is 10.1. The number of hydrogen-bond acceptors (Lipinski definition) is 4. The van der Waals surface area contributed by atoms with Crippen LogP contribution in [-0.4, -0.2) is 31.5 Å². The Hall–Kier alpha value is -3.59. The molecule has 2 amide bonds. The molecule has 0 bridgehead atoms. The quantitative estimate of drug-likeness (QED) is 0.620. The first-order chi connectivity index (χ1) is 14.6. The fourth-order valence-corrected chi connectivity index (χ4v) is 3.36. The number of rotatable bonds is 8. The van der Waals surface area contributed by atoms with Gasteiger partial charge in [-0.1, -0.05) is 12.1 Å². The summed E-state index contributed by atoms with van der Waals surface area (Å²) in [6, 6.07) is 16.9. The van der Waals surface area contributed by atoms with Gasteiger partial charge in [0.25, 0.3) is 5.91 Å². The van der Waals surface area contributed by atoms with Gasteiger partial charge in [-0.05, 0) is 61.4 Å². The highest BCUT2D eigenvalue weighted by atomic mass is 16.5. The van der Waals surface area contributed by atoms with Crippen LogP contribution in [0.15, 0.2) is 54.6 Å². The topological polar surface area (TPSA) is 73.6 Å². The van der Waals surface area contributed by atoms with E-state index in [1.54, 1.807) is 15.9 Å². The molecule has 1 fully saturated rings. The molecule has 0 aliphatic carbocycles. The molecule has 6 heteroatoms. The minimum atomic E-state index is -0.201. The van der Waals surface area contributed by atoms with Gasteiger partial charge in [-0.3, -0.25) is 9.59 Å². The number of ether oxygens (including phenoxy) is 1. The lowest BCUT2D eigenvalue weighted by molar-refractivity contribution is -0.117. The molecule has 0 spiro atoms. The van der Waals surface area contributed by atoms with Crippen LogP contribution in [-0.2, 0) is 9.59 Å². The van der Waals surface area contributed by atoms with Gasteiger partial charge in [0.2, 0.25) is 5.91 Å². The SMILES string of the molecule is CCOc1ccc(N(CCC#N)C(=O)/C=C/c2ccc(N3CCCC3=O)cc2)cc1. The lowest BCUT2D eigenvalue weighted by atomic mass is 10.1. The molecule has 0 aromatic heterocycles. The second-order valence-corrected chi connectivity index (χ2v) is 6.90. The molecule has 0 saturated carbocycles. The van der Waals surface area contributed by atoms with E-state index in [0.717, 1.165) is 30.0 Å². The van der Waals surface area contributed by atoms with Crippen molar-refractivity contribution in [2.24, 2.45) is 0 Å². The molecule has 3 rings (SSSR count). The van der Waals surface area contributed by atoms with E-state index in [4.69, 9.17) is 10.00 Å². The van der Waals surface area contributed by atoms with Crippen LogP contribution in [0.25, 0.3) is 6.08 Å². The molecule has 1 aliphatic heterocycles. The number of hydrogen-bond donors (Lipinski definition) is 0. The summed E-state index contributed by atoms with van der Waals surface area (Å²) in [5.41, 5.74) is 2.46. The van der Waals surface area contributed by atoms with E-state index in [0.29, 0.717) is 25.3 Å². The summed E-state index contributed by atoms with van der Waals surface area (Å²) in [6.45, 7) is 3.55. The summed E-state index contributed by atoms with van der Waals surface area (Å²) in [6.07, 6.45) is 4.97. The summed E-state index contributed by atoms with van der Waals surface area (Å²) in [5.74, 6) is 0.686. The van der Waals surface area contributed by atoms with Crippen LogP contribution in [0.2, 0.25) is 0 Å². The van der Waals surface area contributed by atoms with E-state index in [1.807, 2.05) is 55.5 Å². The summed E-state index contributed by atoms with van der Waals surface area (Å²) in [7, 11) is 0. The maximum Gasteiger partial charge on any atom is 0.251 e. The molecule has 2 aromatic rings. The summed E-state index contributed by atoms with van der Waals surface area (Å²) in [4.78, 5) is 28.0. The first-order valence-electron chi connectivity index (χ1n) is 10.1. The van der Waals surface area contributed by atoms with Crippen molar-refractivity contribution in [3.63, 3.8) is 0 Å². The van der Waals surface area contributed by atoms with Gasteiger partial charge in [-0.15, -0.1) is 0 Å². The zero-order valence-electron chi connectivity index (χ0n) is 17.1. The van der Waals surface area contributed by atoms with Gasteiger partial charge >= 0.3 is 0 Å². The average molecular weight is 403 g/mol. The van der Waals surface area contributed by atoms with E-state index in [1.165, 1.54) is 6.08 Å². The van der Waals surface area contributed by atoms with Gasteiger partial charge in [0.15, 0.2) is 0 Å². The fourth-order valence-electron chi connectivity index (χ4n) is 3.36. The molecule has 154 valence electrons. The van der Waals surface area contributed by atoms with Crippen LogP contribution in [0.1, 0.15) is 31.7 Å². The van der Waals surface area contributed by atoms with Crippen molar-refractivity contribution >= 4 is 29.3 Å². The van der Waals surface area contributed by atoms with Crippen LogP contribution >= 0.6 is 0 Å². The first kappa shape index (κ1) is 21.1. The zero-order valence-corrected chi connectivity index (χ0v) is 17.1. The highest BCUT2D eigenvalue weighted by molar-refractivity contribution is 6.04. The summed E-state index contributed by atoms with van der Waals surface area (Å²) < 4.78 is 5.45. The molecule has 0 unspecified atom stereocenters. The summed E-state index contributed by atoms with van der Waals surface area (Å²) >= 11 is 0. The molecule has 1 saturated heterocycles. The van der Waals surface area contributed by atoms with Gasteiger partial charge in [0.05, 0.1) is 19.1 Å². The second kappa shape index (κ2) is 10.3. The number of carbonyl (C=O) groups excluding carboxylic acids is 2. The van der Waals surface area contributed by atoms with E-state index in [-0.39, 0.29) is 18.2 Å². The fraction of sp³-hybridized carbons (Fsp3) is 0.292. The molecule has 2 aromatic carbocycles. The maximum atomic E-state index is 12.8. The van der Waals surface area contributed by atoms with Crippen molar-refractivity contribution in [1.29, 1.82) is 5.26 Å². The van der Waals surface area contributed by atoms with Crippen LogP contribution in [0.3, 0.4) is 0 Å². The monoisotopic (exact) mass is 403 g/mol. The Morgan fingerprint density at radius 3 is 2.53 bits per heavy atom. The van der Waals surface area contributed by atoms with Gasteiger partial charge in [0.1, 0.15) is 5.75 Å². The number of nitriles is 1. The molecular weight excluding hydrogens is 378 g/mol. The highest BCUT2D eigenvalue weighted by Gasteiger charge is 2.21. The van der Waals surface area contributed by atoms with E-state index in [2.05, 4.69) is 6.07 Å². The van der Waals surface area contributed by atoms with Crippen LogP contribution in [0, 0.1) is 11.3 Å². The molecule has 6 nitrogen and oxygen atoms in total. The molecule has 1 aliphatic rings. The van der Waals surface area contributed by atoms with E-state index >= 15 is 0 Å². The summed E-state index contributed by atoms with van der Waals surface area (Å²) in [5, 5.41) is 8.95. The Morgan fingerprint density at radius 2 is 1.93 bits per heavy atom. The molecular formula is C24H25N3O3. The third-order valence-corrected chi connectivity index (χ3v) is 4.87. The van der Waals surface area contributed by atoms with E-state index in [9.17, 15) is 9.59 Å². The van der Waals surface area contributed by atoms with Gasteiger partial charge in [-0.2, -0.15) is 5.26 Å². The lowest BCUT2D eigenvalue weighted by Gasteiger charge is -2.20. The highest BCUT2D eigenvalue weighted by Crippen LogP contribution is 2.23. The van der Waals surface area contributed by atoms with Gasteiger partial charge in [0, 0.05) is 37.0 Å². The van der Waals surface area contributed by atoms with Gasteiger partial charge < -0.3 is 14.5 Å². The van der Waals surface area contributed by atoms with Crippen LogP contribution < -0.4 is 14.5 Å². The van der Waals surface area contributed by atoms with Gasteiger partial charge in [-0.25, -0.2) is 0 Å². The largest absolute Gasteiger partial charge is 0.494 e. The number of amides is 2. The Labute approximate surface area is 177 Å². The third-order valence-electron chi connectivity index (χ3n) is 4.87. The minimum Gasteiger partial charge on any atom is -0.494 e. The Balaban J connectivity index is 1.70. The Bertz CT molecular complexity index is 943.